The minimum atomic E-state index is 0.274. The largest absolute Gasteiger partial charge is 0.380 e. The van der Waals surface area contributed by atoms with Crippen molar-refractivity contribution < 1.29 is 4.74 Å². The molecule has 2 aliphatic rings. The van der Waals surface area contributed by atoms with E-state index in [0.29, 0.717) is 6.17 Å². The highest BCUT2D eigenvalue weighted by Crippen LogP contribution is 2.21. The van der Waals surface area contributed by atoms with Crippen molar-refractivity contribution in [3.8, 4) is 0 Å². The van der Waals surface area contributed by atoms with Crippen LogP contribution in [0.5, 0.6) is 0 Å². The first kappa shape index (κ1) is 18.2. The number of ether oxygens (including phenoxy) is 1. The highest BCUT2D eigenvalue weighted by molar-refractivity contribution is 4.81. The molecule has 130 valence electrons. The third-order valence-corrected chi connectivity index (χ3v) is 4.66. The lowest BCUT2D eigenvalue weighted by Crippen LogP contribution is -2.47. The predicted octanol–water partition coefficient (Wildman–Crippen LogP) is 2.55. The van der Waals surface area contributed by atoms with Gasteiger partial charge in [-0.05, 0) is 70.2 Å². The molecule has 0 atom stereocenters. The van der Waals surface area contributed by atoms with Crippen molar-refractivity contribution in [3.05, 3.63) is 0 Å². The fourth-order valence-corrected chi connectivity index (χ4v) is 3.55. The van der Waals surface area contributed by atoms with Crippen LogP contribution in [0.2, 0.25) is 0 Å². The summed E-state index contributed by atoms with van der Waals surface area (Å²) in [4.78, 5) is 5.42. The second kappa shape index (κ2) is 9.21. The molecule has 1 N–H and O–H groups in total. The Morgan fingerprint density at radius 3 is 1.95 bits per heavy atom. The van der Waals surface area contributed by atoms with Crippen molar-refractivity contribution in [2.75, 3.05) is 52.5 Å². The van der Waals surface area contributed by atoms with Crippen LogP contribution >= 0.6 is 0 Å². The molecule has 22 heavy (non-hydrogen) atoms. The summed E-state index contributed by atoms with van der Waals surface area (Å²) >= 11 is 0. The highest BCUT2D eigenvalue weighted by Gasteiger charge is 2.28. The Balaban J connectivity index is 1.59. The smallest absolute Gasteiger partial charge is 0.0634 e. The average molecular weight is 312 g/mol. The fraction of sp³-hybridized carbons (Fsp3) is 1.00. The van der Waals surface area contributed by atoms with Crippen LogP contribution in [0, 0.1) is 5.41 Å². The first-order valence-corrected chi connectivity index (χ1v) is 9.33. The predicted molar refractivity (Wildman–Crippen MR) is 93.2 cm³/mol. The van der Waals surface area contributed by atoms with Gasteiger partial charge in [-0.1, -0.05) is 20.8 Å². The lowest BCUT2D eigenvalue weighted by molar-refractivity contribution is 0.0649. The second-order valence-electron chi connectivity index (χ2n) is 8.12. The zero-order chi connectivity index (χ0) is 15.8. The maximum absolute atomic E-state index is 5.72. The molecular weight excluding hydrogens is 274 g/mol. The Bertz CT molecular complexity index is 275. The number of likely N-dealkylation sites (tertiary alicyclic amines) is 2. The molecule has 2 rings (SSSR count). The van der Waals surface area contributed by atoms with Gasteiger partial charge in [-0.15, -0.1) is 0 Å². The zero-order valence-corrected chi connectivity index (χ0v) is 15.1. The maximum atomic E-state index is 5.72. The van der Waals surface area contributed by atoms with Crippen LogP contribution in [-0.2, 0) is 4.74 Å². The molecule has 2 saturated heterocycles. The molecule has 0 bridgehead atoms. The minimum absolute atomic E-state index is 0.274. The molecule has 2 heterocycles. The van der Waals surface area contributed by atoms with Gasteiger partial charge in [0.15, 0.2) is 0 Å². The van der Waals surface area contributed by atoms with Crippen LogP contribution in [0.15, 0.2) is 0 Å². The van der Waals surface area contributed by atoms with Crippen LogP contribution in [0.3, 0.4) is 0 Å². The molecule has 4 heteroatoms. The van der Waals surface area contributed by atoms with Crippen LogP contribution in [0.1, 0.15) is 52.9 Å². The quantitative estimate of drug-likeness (QED) is 0.662. The molecule has 0 saturated carbocycles. The van der Waals surface area contributed by atoms with E-state index in [-0.39, 0.29) is 5.41 Å². The van der Waals surface area contributed by atoms with E-state index in [4.69, 9.17) is 4.74 Å². The van der Waals surface area contributed by atoms with E-state index in [0.717, 1.165) is 26.3 Å². The summed E-state index contributed by atoms with van der Waals surface area (Å²) in [5.41, 5.74) is 0.274. The van der Waals surface area contributed by atoms with Crippen molar-refractivity contribution >= 4 is 0 Å². The summed E-state index contributed by atoms with van der Waals surface area (Å²) in [6.07, 6.45) is 7.47. The SMILES string of the molecule is CC(C)(C)COCCNCCC(N1CCCC1)N1CCCC1. The second-order valence-corrected chi connectivity index (χ2v) is 8.12. The monoisotopic (exact) mass is 311 g/mol. The van der Waals surface area contributed by atoms with Gasteiger partial charge in [0.05, 0.1) is 19.4 Å². The summed E-state index contributed by atoms with van der Waals surface area (Å²) in [5.74, 6) is 0. The first-order valence-electron chi connectivity index (χ1n) is 9.33. The zero-order valence-electron chi connectivity index (χ0n) is 15.1. The highest BCUT2D eigenvalue weighted by atomic mass is 16.5. The first-order chi connectivity index (χ1) is 10.6. The van der Waals surface area contributed by atoms with Crippen LogP contribution in [-0.4, -0.2) is 68.4 Å². The molecular formula is C18H37N3O. The summed E-state index contributed by atoms with van der Waals surface area (Å²) in [6.45, 7) is 15.6. The summed E-state index contributed by atoms with van der Waals surface area (Å²) in [7, 11) is 0. The van der Waals surface area contributed by atoms with Gasteiger partial charge in [-0.3, -0.25) is 9.80 Å². The molecule has 0 spiro atoms. The topological polar surface area (TPSA) is 27.7 Å². The Labute approximate surface area is 137 Å². The van der Waals surface area contributed by atoms with Crippen molar-refractivity contribution in [1.82, 2.24) is 15.1 Å². The van der Waals surface area contributed by atoms with Gasteiger partial charge < -0.3 is 10.1 Å². The number of nitrogens with one attached hydrogen (secondary N) is 1. The Morgan fingerprint density at radius 2 is 1.45 bits per heavy atom. The summed E-state index contributed by atoms with van der Waals surface area (Å²) in [5, 5.41) is 3.57. The molecule has 0 aliphatic carbocycles. The minimum Gasteiger partial charge on any atom is -0.380 e. The van der Waals surface area contributed by atoms with Crippen molar-refractivity contribution in [2.24, 2.45) is 5.41 Å². The molecule has 0 amide bonds. The molecule has 0 unspecified atom stereocenters. The van der Waals surface area contributed by atoms with Crippen molar-refractivity contribution in [2.45, 2.75) is 59.0 Å². The standard InChI is InChI=1S/C18H37N3O/c1-18(2,3)16-22-15-10-19-9-8-17(20-11-4-5-12-20)21-13-6-7-14-21/h17,19H,4-16H2,1-3H3. The Kier molecular flexibility index (Phi) is 7.61. The van der Waals surface area contributed by atoms with Gasteiger partial charge in [-0.2, -0.15) is 0 Å². The van der Waals surface area contributed by atoms with Gasteiger partial charge in [0.1, 0.15) is 0 Å². The van der Waals surface area contributed by atoms with Gasteiger partial charge in [0.2, 0.25) is 0 Å². The molecule has 0 radical (unpaired) electrons. The van der Waals surface area contributed by atoms with E-state index < -0.39 is 0 Å². The van der Waals surface area contributed by atoms with Crippen LogP contribution in [0.4, 0.5) is 0 Å². The third kappa shape index (κ3) is 6.53. The van der Waals surface area contributed by atoms with E-state index in [1.165, 1.54) is 58.3 Å². The van der Waals surface area contributed by atoms with E-state index in [2.05, 4.69) is 35.9 Å². The summed E-state index contributed by atoms with van der Waals surface area (Å²) < 4.78 is 5.72. The average Bonchev–Trinajstić information content (AvgIpc) is 3.13. The normalized spacial score (nSPS) is 21.3. The van der Waals surface area contributed by atoms with Crippen molar-refractivity contribution in [1.29, 1.82) is 0 Å². The van der Waals surface area contributed by atoms with Gasteiger partial charge in [0.25, 0.3) is 0 Å². The molecule has 2 fully saturated rings. The van der Waals surface area contributed by atoms with Gasteiger partial charge in [-0.25, -0.2) is 0 Å². The van der Waals surface area contributed by atoms with E-state index in [1.807, 2.05) is 0 Å². The molecule has 0 aromatic heterocycles. The van der Waals surface area contributed by atoms with Crippen molar-refractivity contribution in [3.63, 3.8) is 0 Å². The van der Waals surface area contributed by atoms with Gasteiger partial charge >= 0.3 is 0 Å². The fourth-order valence-electron chi connectivity index (χ4n) is 3.55. The number of rotatable bonds is 9. The Morgan fingerprint density at radius 1 is 0.909 bits per heavy atom. The molecule has 4 nitrogen and oxygen atoms in total. The number of hydrogen-bond donors (Lipinski definition) is 1. The lowest BCUT2D eigenvalue weighted by atomic mass is 9.99. The molecule has 2 aliphatic heterocycles. The van der Waals surface area contributed by atoms with Gasteiger partial charge in [0, 0.05) is 6.54 Å². The van der Waals surface area contributed by atoms with Crippen LogP contribution < -0.4 is 5.32 Å². The number of nitrogens with zero attached hydrogens (tertiary/aromatic N) is 2. The molecule has 0 aromatic rings. The summed E-state index contributed by atoms with van der Waals surface area (Å²) in [6, 6.07) is 0. The number of hydrogen-bond acceptors (Lipinski definition) is 4. The third-order valence-electron chi connectivity index (χ3n) is 4.66. The van der Waals surface area contributed by atoms with E-state index >= 15 is 0 Å². The van der Waals surface area contributed by atoms with E-state index in [9.17, 15) is 0 Å². The molecule has 0 aromatic carbocycles. The van der Waals surface area contributed by atoms with E-state index in [1.54, 1.807) is 0 Å². The maximum Gasteiger partial charge on any atom is 0.0634 e. The van der Waals surface area contributed by atoms with Crippen LogP contribution in [0.25, 0.3) is 0 Å². The lowest BCUT2D eigenvalue weighted by Gasteiger charge is -2.35. The Hall–Kier alpha value is -0.160.